The summed E-state index contributed by atoms with van der Waals surface area (Å²) in [6, 6.07) is 0.278. The van der Waals surface area contributed by atoms with Crippen molar-refractivity contribution in [3.63, 3.8) is 0 Å². The summed E-state index contributed by atoms with van der Waals surface area (Å²) in [6.07, 6.45) is 9.59. The van der Waals surface area contributed by atoms with Crippen molar-refractivity contribution in [1.29, 1.82) is 0 Å². The Bertz CT molecular complexity index is 546. The second kappa shape index (κ2) is 6.20. The van der Waals surface area contributed by atoms with E-state index in [1.807, 2.05) is 6.20 Å². The van der Waals surface area contributed by atoms with Gasteiger partial charge >= 0.3 is 0 Å². The van der Waals surface area contributed by atoms with Gasteiger partial charge in [0.15, 0.2) is 0 Å². The van der Waals surface area contributed by atoms with Gasteiger partial charge < -0.3 is 10.6 Å². The minimum absolute atomic E-state index is 0. The Morgan fingerprint density at radius 2 is 2.27 bits per heavy atom. The van der Waals surface area contributed by atoms with Gasteiger partial charge in [0.25, 0.3) is 0 Å². The Morgan fingerprint density at radius 1 is 1.36 bits per heavy atom. The molecule has 0 bridgehead atoms. The first-order chi connectivity index (χ1) is 10.3. The smallest absolute Gasteiger partial charge is 0.228 e. The van der Waals surface area contributed by atoms with Gasteiger partial charge in [0, 0.05) is 18.3 Å². The zero-order valence-corrected chi connectivity index (χ0v) is 13.7. The minimum Gasteiger partial charge on any atom is -0.352 e. The fraction of sp³-hybridized carbons (Fsp3) is 0.750. The minimum atomic E-state index is -0.130. The highest BCUT2D eigenvalue weighted by Gasteiger charge is 2.50. The van der Waals surface area contributed by atoms with Gasteiger partial charge in [-0.1, -0.05) is 12.8 Å². The number of nitrogens with zero attached hydrogens (tertiary/aromatic N) is 1. The molecule has 1 saturated carbocycles. The van der Waals surface area contributed by atoms with Gasteiger partial charge in [0.1, 0.15) is 0 Å². The highest BCUT2D eigenvalue weighted by Crippen LogP contribution is 2.44. The third-order valence-electron chi connectivity index (χ3n) is 5.84. The topological polar surface area (TPSA) is 69.8 Å². The van der Waals surface area contributed by atoms with Crippen molar-refractivity contribution in [3.05, 3.63) is 17.5 Å². The second-order valence-electron chi connectivity index (χ2n) is 7.02. The van der Waals surface area contributed by atoms with Crippen molar-refractivity contribution in [1.82, 2.24) is 20.8 Å². The highest BCUT2D eigenvalue weighted by atomic mass is 35.5. The monoisotopic (exact) mass is 324 g/mol. The van der Waals surface area contributed by atoms with E-state index in [9.17, 15) is 4.79 Å². The van der Waals surface area contributed by atoms with Gasteiger partial charge in [-0.05, 0) is 50.1 Å². The first-order valence-electron chi connectivity index (χ1n) is 8.31. The lowest BCUT2D eigenvalue weighted by Gasteiger charge is -2.38. The summed E-state index contributed by atoms with van der Waals surface area (Å²) < 4.78 is 0. The molecule has 0 aromatic carbocycles. The largest absolute Gasteiger partial charge is 0.352 e. The van der Waals surface area contributed by atoms with Crippen LogP contribution < -0.4 is 10.6 Å². The van der Waals surface area contributed by atoms with E-state index in [1.165, 1.54) is 30.5 Å². The van der Waals surface area contributed by atoms with Gasteiger partial charge in [-0.2, -0.15) is 5.10 Å². The van der Waals surface area contributed by atoms with Crippen molar-refractivity contribution >= 4 is 18.3 Å². The van der Waals surface area contributed by atoms with Crippen LogP contribution in [0.5, 0.6) is 0 Å². The lowest BCUT2D eigenvalue weighted by atomic mass is 9.67. The molecule has 2 heterocycles. The third kappa shape index (κ3) is 2.54. The predicted molar refractivity (Wildman–Crippen MR) is 87.1 cm³/mol. The number of aromatic nitrogens is 2. The molecule has 6 heteroatoms. The molecule has 22 heavy (non-hydrogen) atoms. The summed E-state index contributed by atoms with van der Waals surface area (Å²) in [5, 5.41) is 14.0. The SMILES string of the molecule is Cl.O=C(NC1CCc2[nH]ncc2C1)[C@@]12CCCC[C@H]1CNC2. The maximum atomic E-state index is 12.9. The van der Waals surface area contributed by atoms with Gasteiger partial charge in [-0.25, -0.2) is 0 Å². The molecule has 4 rings (SSSR count). The number of aromatic amines is 1. The number of halogens is 1. The Balaban J connectivity index is 0.00000144. The molecular formula is C16H25ClN4O. The van der Waals surface area contributed by atoms with Crippen LogP contribution in [0.3, 0.4) is 0 Å². The standard InChI is InChI=1S/C16H24N4O.ClH/c21-15(16-6-2-1-3-12(16)9-17-10-16)19-13-4-5-14-11(7-13)8-18-20-14;/h8,12-13,17H,1-7,9-10H2,(H,18,20)(H,19,21);1H/t12-,13?,16+;/m0./s1. The summed E-state index contributed by atoms with van der Waals surface area (Å²) >= 11 is 0. The molecule has 3 atom stereocenters. The molecule has 5 nitrogen and oxygen atoms in total. The number of carbonyl (C=O) groups excluding carboxylic acids is 1. The predicted octanol–water partition coefficient (Wildman–Crippen LogP) is 1.58. The van der Waals surface area contributed by atoms with E-state index >= 15 is 0 Å². The summed E-state index contributed by atoms with van der Waals surface area (Å²) in [7, 11) is 0. The second-order valence-corrected chi connectivity index (χ2v) is 7.02. The Morgan fingerprint density at radius 3 is 3.18 bits per heavy atom. The number of hydrogen-bond donors (Lipinski definition) is 3. The van der Waals surface area contributed by atoms with Crippen molar-refractivity contribution in [2.75, 3.05) is 13.1 Å². The molecule has 1 aliphatic heterocycles. The third-order valence-corrected chi connectivity index (χ3v) is 5.84. The van der Waals surface area contributed by atoms with Crippen LogP contribution in [0.25, 0.3) is 0 Å². The molecular weight excluding hydrogens is 300 g/mol. The normalized spacial score (nSPS) is 33.5. The molecule has 1 aromatic heterocycles. The summed E-state index contributed by atoms with van der Waals surface area (Å²) in [6.45, 7) is 1.89. The zero-order valence-electron chi connectivity index (χ0n) is 12.9. The van der Waals surface area contributed by atoms with E-state index in [4.69, 9.17) is 0 Å². The van der Waals surface area contributed by atoms with E-state index in [0.717, 1.165) is 38.8 Å². The highest BCUT2D eigenvalue weighted by molar-refractivity contribution is 5.85. The number of rotatable bonds is 2. The lowest BCUT2D eigenvalue weighted by molar-refractivity contribution is -0.134. The van der Waals surface area contributed by atoms with Crippen LogP contribution >= 0.6 is 12.4 Å². The van der Waals surface area contributed by atoms with Crippen LogP contribution in [0.4, 0.5) is 0 Å². The Hall–Kier alpha value is -1.07. The molecule has 0 spiro atoms. The van der Waals surface area contributed by atoms with Crippen molar-refractivity contribution < 1.29 is 4.79 Å². The summed E-state index contributed by atoms with van der Waals surface area (Å²) in [4.78, 5) is 12.9. The van der Waals surface area contributed by atoms with E-state index < -0.39 is 0 Å². The van der Waals surface area contributed by atoms with E-state index in [1.54, 1.807) is 0 Å². The number of nitrogens with one attached hydrogen (secondary N) is 3. The quantitative estimate of drug-likeness (QED) is 0.773. The van der Waals surface area contributed by atoms with Gasteiger partial charge in [0.2, 0.25) is 5.91 Å². The van der Waals surface area contributed by atoms with Crippen LogP contribution in [0, 0.1) is 11.3 Å². The molecule has 1 unspecified atom stereocenters. The van der Waals surface area contributed by atoms with Crippen molar-refractivity contribution in [2.45, 2.75) is 51.0 Å². The number of H-pyrrole nitrogens is 1. The first kappa shape index (κ1) is 15.8. The molecule has 2 aliphatic carbocycles. The average Bonchev–Trinajstić information content (AvgIpc) is 3.13. The van der Waals surface area contributed by atoms with Gasteiger partial charge in [0.05, 0.1) is 11.6 Å². The van der Waals surface area contributed by atoms with Crippen LogP contribution in [0.15, 0.2) is 6.20 Å². The van der Waals surface area contributed by atoms with E-state index in [0.29, 0.717) is 11.8 Å². The van der Waals surface area contributed by atoms with Crippen LogP contribution in [-0.2, 0) is 17.6 Å². The van der Waals surface area contributed by atoms with Crippen LogP contribution in [0.1, 0.15) is 43.4 Å². The Labute approximate surface area is 137 Å². The van der Waals surface area contributed by atoms with Crippen LogP contribution in [-0.4, -0.2) is 35.2 Å². The number of carbonyl (C=O) groups is 1. The molecule has 3 N–H and O–H groups in total. The average molecular weight is 325 g/mol. The van der Waals surface area contributed by atoms with Crippen molar-refractivity contribution in [2.24, 2.45) is 11.3 Å². The van der Waals surface area contributed by atoms with Gasteiger partial charge in [-0.15, -0.1) is 12.4 Å². The molecule has 122 valence electrons. The van der Waals surface area contributed by atoms with Crippen molar-refractivity contribution in [3.8, 4) is 0 Å². The zero-order chi connectivity index (χ0) is 14.3. The maximum absolute atomic E-state index is 12.9. The summed E-state index contributed by atoms with van der Waals surface area (Å²) in [5.41, 5.74) is 2.39. The number of hydrogen-bond acceptors (Lipinski definition) is 3. The lowest BCUT2D eigenvalue weighted by Crippen LogP contribution is -2.51. The fourth-order valence-corrected chi connectivity index (χ4v) is 4.56. The number of fused-ring (bicyclic) bond motifs is 2. The van der Waals surface area contributed by atoms with E-state index in [-0.39, 0.29) is 23.9 Å². The Kier molecular flexibility index (Phi) is 4.46. The molecule has 1 aromatic rings. The van der Waals surface area contributed by atoms with Crippen LogP contribution in [0.2, 0.25) is 0 Å². The summed E-state index contributed by atoms with van der Waals surface area (Å²) in [5.74, 6) is 0.841. The van der Waals surface area contributed by atoms with Gasteiger partial charge in [-0.3, -0.25) is 9.89 Å². The molecule has 2 fully saturated rings. The fourth-order valence-electron chi connectivity index (χ4n) is 4.56. The molecule has 1 amide bonds. The number of amides is 1. The molecule has 3 aliphatic rings. The first-order valence-corrected chi connectivity index (χ1v) is 8.31. The maximum Gasteiger partial charge on any atom is 0.228 e. The molecule has 1 saturated heterocycles. The molecule has 0 radical (unpaired) electrons. The number of aryl methyl sites for hydroxylation is 1. The van der Waals surface area contributed by atoms with E-state index in [2.05, 4.69) is 20.8 Å².